The summed E-state index contributed by atoms with van der Waals surface area (Å²) in [5.41, 5.74) is 9.02. The Hall–Kier alpha value is -0.740. The van der Waals surface area contributed by atoms with E-state index < -0.39 is 0 Å². The van der Waals surface area contributed by atoms with Crippen LogP contribution in [0.2, 0.25) is 0 Å². The van der Waals surface area contributed by atoms with Crippen molar-refractivity contribution in [2.45, 2.75) is 57.3 Å². The van der Waals surface area contributed by atoms with Crippen molar-refractivity contribution in [3.63, 3.8) is 0 Å². The van der Waals surface area contributed by atoms with Crippen molar-refractivity contribution in [2.75, 3.05) is 19.8 Å². The fourth-order valence-electron chi connectivity index (χ4n) is 3.96. The van der Waals surface area contributed by atoms with E-state index in [0.29, 0.717) is 19.1 Å². The number of hydrogen-bond acceptors (Lipinski definition) is 3. The number of benzene rings is 1. The first-order valence-electron chi connectivity index (χ1n) is 8.41. The number of ether oxygens (including phenoxy) is 2. The molecule has 0 atom stereocenters. The van der Waals surface area contributed by atoms with Crippen molar-refractivity contribution in [3.05, 3.63) is 21.7 Å². The molecule has 1 aliphatic heterocycles. The zero-order valence-electron chi connectivity index (χ0n) is 13.6. The maximum absolute atomic E-state index is 6.24. The normalized spacial score (nSPS) is 20.2. The Labute approximate surface area is 141 Å². The topological polar surface area (TPSA) is 44.5 Å². The highest BCUT2D eigenvalue weighted by Gasteiger charge is 2.39. The SMILES string of the molecule is CC(C)c1c(C2(CN)CCCC2)cc(Br)c2c1OCCCO2. The molecule has 2 aliphatic rings. The molecule has 0 amide bonds. The molecular formula is C18H26BrNO2. The molecule has 22 heavy (non-hydrogen) atoms. The van der Waals surface area contributed by atoms with Crippen LogP contribution in [0.1, 0.15) is 63.0 Å². The maximum atomic E-state index is 6.24. The summed E-state index contributed by atoms with van der Waals surface area (Å²) in [4.78, 5) is 0. The molecule has 0 aromatic heterocycles. The smallest absolute Gasteiger partial charge is 0.175 e. The van der Waals surface area contributed by atoms with Gasteiger partial charge in [-0.05, 0) is 46.3 Å². The minimum atomic E-state index is 0.104. The van der Waals surface area contributed by atoms with Gasteiger partial charge in [-0.25, -0.2) is 0 Å². The molecule has 0 unspecified atom stereocenters. The standard InChI is InChI=1S/C18H26BrNO2/c1-12(2)15-13(18(11-20)6-3-4-7-18)10-14(19)16-17(15)22-9-5-8-21-16/h10,12H,3-9,11,20H2,1-2H3. The van der Waals surface area contributed by atoms with Crippen molar-refractivity contribution >= 4 is 15.9 Å². The van der Waals surface area contributed by atoms with Gasteiger partial charge >= 0.3 is 0 Å². The second-order valence-corrected chi connectivity index (χ2v) is 7.73. The predicted octanol–water partition coefficient (Wildman–Crippen LogP) is 4.50. The van der Waals surface area contributed by atoms with Gasteiger partial charge in [-0.15, -0.1) is 0 Å². The number of halogens is 1. The fourth-order valence-corrected chi connectivity index (χ4v) is 4.48. The molecule has 0 radical (unpaired) electrons. The van der Waals surface area contributed by atoms with Crippen molar-refractivity contribution in [3.8, 4) is 11.5 Å². The van der Waals surface area contributed by atoms with Crippen LogP contribution in [0.15, 0.2) is 10.5 Å². The van der Waals surface area contributed by atoms with E-state index in [0.717, 1.165) is 29.0 Å². The molecule has 1 aliphatic carbocycles. The zero-order valence-corrected chi connectivity index (χ0v) is 15.2. The summed E-state index contributed by atoms with van der Waals surface area (Å²) in [6.45, 7) is 6.61. The second-order valence-electron chi connectivity index (χ2n) is 6.87. The summed E-state index contributed by atoms with van der Waals surface area (Å²) in [6.07, 6.45) is 5.81. The number of hydrogen-bond donors (Lipinski definition) is 1. The molecule has 2 N–H and O–H groups in total. The molecular weight excluding hydrogens is 342 g/mol. The molecule has 1 saturated carbocycles. The van der Waals surface area contributed by atoms with Crippen LogP contribution in [0.4, 0.5) is 0 Å². The Morgan fingerprint density at radius 2 is 1.77 bits per heavy atom. The fraction of sp³-hybridized carbons (Fsp3) is 0.667. The molecule has 0 spiro atoms. The van der Waals surface area contributed by atoms with Gasteiger partial charge in [0, 0.05) is 23.9 Å². The van der Waals surface area contributed by atoms with Gasteiger partial charge in [0.15, 0.2) is 11.5 Å². The average molecular weight is 368 g/mol. The molecule has 4 heteroatoms. The third-order valence-corrected chi connectivity index (χ3v) is 5.70. The predicted molar refractivity (Wildman–Crippen MR) is 93.0 cm³/mol. The number of fused-ring (bicyclic) bond motifs is 1. The highest BCUT2D eigenvalue weighted by atomic mass is 79.9. The Bertz CT molecular complexity index is 551. The number of nitrogens with two attached hydrogens (primary N) is 1. The van der Waals surface area contributed by atoms with Crippen LogP contribution in [0.25, 0.3) is 0 Å². The van der Waals surface area contributed by atoms with Gasteiger partial charge in [-0.1, -0.05) is 26.7 Å². The Morgan fingerprint density at radius 3 is 2.36 bits per heavy atom. The van der Waals surface area contributed by atoms with Crippen LogP contribution in [-0.4, -0.2) is 19.8 Å². The van der Waals surface area contributed by atoms with E-state index in [1.807, 2.05) is 0 Å². The van der Waals surface area contributed by atoms with Gasteiger partial charge in [0.25, 0.3) is 0 Å². The van der Waals surface area contributed by atoms with Crippen LogP contribution in [-0.2, 0) is 5.41 Å². The van der Waals surface area contributed by atoms with Gasteiger partial charge < -0.3 is 15.2 Å². The summed E-state index contributed by atoms with van der Waals surface area (Å²) < 4.78 is 13.1. The lowest BCUT2D eigenvalue weighted by Gasteiger charge is -2.33. The highest BCUT2D eigenvalue weighted by Crippen LogP contribution is 2.51. The summed E-state index contributed by atoms with van der Waals surface area (Å²) in [6, 6.07) is 2.25. The third kappa shape index (κ3) is 2.65. The lowest BCUT2D eigenvalue weighted by molar-refractivity contribution is 0.295. The first-order chi connectivity index (χ1) is 10.6. The van der Waals surface area contributed by atoms with Gasteiger partial charge in [0.1, 0.15) is 0 Å². The number of rotatable bonds is 3. The van der Waals surface area contributed by atoms with Crippen LogP contribution in [0.5, 0.6) is 11.5 Å². The lowest BCUT2D eigenvalue weighted by atomic mass is 9.74. The largest absolute Gasteiger partial charge is 0.489 e. The first kappa shape index (κ1) is 16.1. The van der Waals surface area contributed by atoms with E-state index in [2.05, 4.69) is 35.8 Å². The molecule has 1 aromatic carbocycles. The van der Waals surface area contributed by atoms with Crippen LogP contribution in [0, 0.1) is 0 Å². The minimum absolute atomic E-state index is 0.104. The van der Waals surface area contributed by atoms with Crippen molar-refractivity contribution in [2.24, 2.45) is 5.73 Å². The van der Waals surface area contributed by atoms with E-state index in [-0.39, 0.29) is 5.41 Å². The molecule has 122 valence electrons. The van der Waals surface area contributed by atoms with Crippen LogP contribution in [0.3, 0.4) is 0 Å². The molecule has 1 aromatic rings. The summed E-state index contributed by atoms with van der Waals surface area (Å²) >= 11 is 3.71. The minimum Gasteiger partial charge on any atom is -0.489 e. The van der Waals surface area contributed by atoms with E-state index in [9.17, 15) is 0 Å². The molecule has 3 rings (SSSR count). The van der Waals surface area contributed by atoms with Gasteiger partial charge in [-0.2, -0.15) is 0 Å². The monoisotopic (exact) mass is 367 g/mol. The van der Waals surface area contributed by atoms with Crippen molar-refractivity contribution in [1.82, 2.24) is 0 Å². The third-order valence-electron chi connectivity index (χ3n) is 5.11. The lowest BCUT2D eigenvalue weighted by Crippen LogP contribution is -2.33. The molecule has 1 fully saturated rings. The molecule has 3 nitrogen and oxygen atoms in total. The van der Waals surface area contributed by atoms with Gasteiger partial charge in [0.2, 0.25) is 0 Å². The Morgan fingerprint density at radius 1 is 1.14 bits per heavy atom. The summed E-state index contributed by atoms with van der Waals surface area (Å²) in [5, 5.41) is 0. The van der Waals surface area contributed by atoms with Gasteiger partial charge in [-0.3, -0.25) is 0 Å². The quantitative estimate of drug-likeness (QED) is 0.854. The Balaban J connectivity index is 2.21. The summed E-state index contributed by atoms with van der Waals surface area (Å²) in [7, 11) is 0. The molecule has 0 saturated heterocycles. The molecule has 1 heterocycles. The Kier molecular flexibility index (Phi) is 4.69. The van der Waals surface area contributed by atoms with E-state index in [4.69, 9.17) is 15.2 Å². The van der Waals surface area contributed by atoms with Crippen molar-refractivity contribution < 1.29 is 9.47 Å². The van der Waals surface area contributed by atoms with E-state index >= 15 is 0 Å². The first-order valence-corrected chi connectivity index (χ1v) is 9.21. The maximum Gasteiger partial charge on any atom is 0.175 e. The van der Waals surface area contributed by atoms with Gasteiger partial charge in [0.05, 0.1) is 17.7 Å². The average Bonchev–Trinajstić information content (AvgIpc) is 2.85. The van der Waals surface area contributed by atoms with Crippen LogP contribution < -0.4 is 15.2 Å². The van der Waals surface area contributed by atoms with Crippen LogP contribution >= 0.6 is 15.9 Å². The van der Waals surface area contributed by atoms with Crippen molar-refractivity contribution in [1.29, 1.82) is 0 Å². The molecule has 0 bridgehead atoms. The second kappa shape index (κ2) is 6.40. The van der Waals surface area contributed by atoms with E-state index in [1.165, 1.54) is 36.8 Å². The summed E-state index contributed by atoms with van der Waals surface area (Å²) in [5.74, 6) is 2.20. The zero-order chi connectivity index (χ0) is 15.7. The highest BCUT2D eigenvalue weighted by molar-refractivity contribution is 9.10. The van der Waals surface area contributed by atoms with E-state index in [1.54, 1.807) is 0 Å².